The van der Waals surface area contributed by atoms with E-state index in [4.69, 9.17) is 42.1 Å². The van der Waals surface area contributed by atoms with Crippen LogP contribution in [-0.2, 0) is 75.7 Å². The van der Waals surface area contributed by atoms with E-state index >= 15 is 0 Å². The highest BCUT2D eigenvalue weighted by atomic mass is 32.2. The predicted molar refractivity (Wildman–Crippen MR) is 298 cm³/mol. The van der Waals surface area contributed by atoms with E-state index < -0.39 is 135 Å². The Labute approximate surface area is 477 Å². The van der Waals surface area contributed by atoms with Gasteiger partial charge < -0.3 is 78.3 Å². The Morgan fingerprint density at radius 2 is 1.58 bits per heavy atom. The minimum Gasteiger partial charge on any atom is -0.477 e. The topological polar surface area (TPSA) is 302 Å². The van der Waals surface area contributed by atoms with E-state index in [-0.39, 0.29) is 55.8 Å². The van der Waals surface area contributed by atoms with E-state index in [9.17, 15) is 48.4 Å². The Kier molecular flexibility index (Phi) is 21.5. The number of ether oxygens (including phenoxy) is 8. The number of oxime groups is 1. The van der Waals surface area contributed by atoms with Crippen LogP contribution in [0.5, 0.6) is 0 Å². The van der Waals surface area contributed by atoms with Crippen LogP contribution < -0.4 is 10.7 Å². The van der Waals surface area contributed by atoms with Gasteiger partial charge in [-0.1, -0.05) is 38.9 Å². The van der Waals surface area contributed by atoms with Crippen LogP contribution in [0.1, 0.15) is 137 Å². The van der Waals surface area contributed by atoms with Crippen molar-refractivity contribution >= 4 is 38.7 Å². The molecule has 0 unspecified atom stereocenters. The first-order valence-corrected chi connectivity index (χ1v) is 29.9. The quantitative estimate of drug-likeness (QED) is 0.0393. The van der Waals surface area contributed by atoms with Gasteiger partial charge in [-0.15, -0.1) is 0 Å². The highest BCUT2D eigenvalue weighted by Gasteiger charge is 2.55. The predicted octanol–water partition coefficient (Wildman–Crippen LogP) is 4.51. The van der Waals surface area contributed by atoms with Gasteiger partial charge in [0.1, 0.15) is 35.2 Å². The monoisotopic (exact) mass is 1170 g/mol. The molecule has 6 N–H and O–H groups in total. The van der Waals surface area contributed by atoms with Crippen LogP contribution in [0.4, 0.5) is 0 Å². The number of aliphatic hydroxyl groups is 3. The van der Waals surface area contributed by atoms with Crippen LogP contribution in [0.15, 0.2) is 28.3 Å². The molecule has 23 nitrogen and oxygen atoms in total. The van der Waals surface area contributed by atoms with Gasteiger partial charge in [-0.05, 0) is 120 Å². The Hall–Kier alpha value is -3.73. The van der Waals surface area contributed by atoms with E-state index in [1.54, 1.807) is 79.9 Å². The van der Waals surface area contributed by atoms with Gasteiger partial charge in [0.05, 0.1) is 71.2 Å². The summed E-state index contributed by atoms with van der Waals surface area (Å²) >= 11 is 0. The number of methoxy groups -OCH3 is 2. The minimum atomic E-state index is -4.23. The molecule has 0 saturated carbocycles. The summed E-state index contributed by atoms with van der Waals surface area (Å²) in [5.74, 6) is -6.08. The minimum absolute atomic E-state index is 0.0340. The second kappa shape index (κ2) is 26.3. The van der Waals surface area contributed by atoms with Gasteiger partial charge in [-0.3, -0.25) is 13.8 Å². The third kappa shape index (κ3) is 14.3. The van der Waals surface area contributed by atoms with Crippen LogP contribution in [0.25, 0.3) is 10.9 Å². The number of aromatic carboxylic acids is 1. The summed E-state index contributed by atoms with van der Waals surface area (Å²) < 4.78 is 86.4. The highest BCUT2D eigenvalue weighted by Crippen LogP contribution is 2.43. The molecular weight excluding hydrogens is 1080 g/mol. The Morgan fingerprint density at radius 3 is 2.19 bits per heavy atom. The van der Waals surface area contributed by atoms with Crippen molar-refractivity contribution in [3.63, 3.8) is 0 Å². The molecule has 6 rings (SSSR count). The maximum atomic E-state index is 14.7. The number of carboxylic acids is 1. The fraction of sp³-hybridized carbons (Fsp3) is 0.789. The number of rotatable bonds is 18. The number of likely N-dealkylation sites (N-methyl/N-ethyl adjacent to an activating group) is 1. The van der Waals surface area contributed by atoms with Crippen LogP contribution in [0.2, 0.25) is 0 Å². The lowest BCUT2D eigenvalue weighted by atomic mass is 9.73. The van der Waals surface area contributed by atoms with Crippen LogP contribution in [-0.4, -0.2) is 193 Å². The number of benzene rings is 1. The van der Waals surface area contributed by atoms with E-state index in [2.05, 4.69) is 10.5 Å². The molecule has 0 bridgehead atoms. The number of carboxylic acid groups (broad SMARTS) is 1. The Morgan fingerprint density at radius 1 is 0.926 bits per heavy atom. The van der Waals surface area contributed by atoms with Gasteiger partial charge in [-0.25, -0.2) is 4.79 Å². The summed E-state index contributed by atoms with van der Waals surface area (Å²) in [6.07, 6.45) is -8.04. The molecule has 3 saturated heterocycles. The van der Waals surface area contributed by atoms with Crippen molar-refractivity contribution in [2.45, 2.75) is 218 Å². The van der Waals surface area contributed by atoms with E-state index in [1.165, 1.54) is 27.3 Å². The zero-order valence-corrected chi connectivity index (χ0v) is 51.0. The maximum Gasteiger partial charge on any atom is 0.341 e. The third-order valence-corrected chi connectivity index (χ3v) is 18.8. The lowest BCUT2D eigenvalue weighted by molar-refractivity contribution is -0.317. The number of pyridine rings is 1. The fourth-order valence-electron chi connectivity index (χ4n) is 12.7. The molecule has 0 amide bonds. The normalized spacial score (nSPS) is 37.8. The molecule has 81 heavy (non-hydrogen) atoms. The molecule has 2 aromatic rings. The van der Waals surface area contributed by atoms with Crippen LogP contribution in [0.3, 0.4) is 0 Å². The second-order valence-electron chi connectivity index (χ2n) is 24.4. The number of cyclic esters (lactones) is 1. The van der Waals surface area contributed by atoms with Gasteiger partial charge in [0.2, 0.25) is 5.43 Å². The van der Waals surface area contributed by atoms with Gasteiger partial charge in [0, 0.05) is 68.1 Å². The van der Waals surface area contributed by atoms with Crippen molar-refractivity contribution in [3.05, 3.63) is 45.2 Å². The first-order valence-electron chi connectivity index (χ1n) is 28.3. The number of hydrogen-bond donors (Lipinski definition) is 6. The molecule has 0 aliphatic carbocycles. The van der Waals surface area contributed by atoms with Crippen LogP contribution >= 0.6 is 0 Å². The third-order valence-electron chi connectivity index (χ3n) is 17.6. The highest BCUT2D eigenvalue weighted by molar-refractivity contribution is 7.86. The summed E-state index contributed by atoms with van der Waals surface area (Å²) in [4.78, 5) is 41.9. The van der Waals surface area contributed by atoms with Gasteiger partial charge >= 0.3 is 11.9 Å². The smallest absolute Gasteiger partial charge is 0.341 e. The lowest BCUT2D eigenvalue weighted by Crippen LogP contribution is -2.62. The van der Waals surface area contributed by atoms with Gasteiger partial charge in [-0.2, -0.15) is 8.42 Å². The molecule has 460 valence electrons. The molecule has 1 aromatic heterocycles. The second-order valence-corrected chi connectivity index (χ2v) is 26.1. The number of aryl methyl sites for hydroxylation is 1. The Bertz CT molecular complexity index is 2720. The number of aliphatic hydroxyl groups excluding tert-OH is 2. The van der Waals surface area contributed by atoms with Crippen molar-refractivity contribution in [1.82, 2.24) is 14.8 Å². The maximum absolute atomic E-state index is 14.7. The molecule has 3 fully saturated rings. The van der Waals surface area contributed by atoms with Crippen molar-refractivity contribution in [3.8, 4) is 0 Å². The average molecular weight is 1170 g/mol. The number of carbonyl (C=O) groups is 2. The number of nitrogens with one attached hydrogen (secondary N) is 1. The summed E-state index contributed by atoms with van der Waals surface area (Å²) in [5.41, 5.74) is -4.18. The van der Waals surface area contributed by atoms with Crippen molar-refractivity contribution < 1.29 is 85.7 Å². The number of carbonyl (C=O) groups excluding carboxylic acids is 1. The summed E-state index contributed by atoms with van der Waals surface area (Å²) in [6.45, 7) is 21.1. The number of hydrogen-bond acceptors (Lipinski definition) is 21. The summed E-state index contributed by atoms with van der Waals surface area (Å²) in [7, 11) is 2.39. The van der Waals surface area contributed by atoms with E-state index in [0.29, 0.717) is 36.7 Å². The first-order chi connectivity index (χ1) is 37.7. The molecule has 18 atom stereocenters. The zero-order valence-electron chi connectivity index (χ0n) is 50.2. The fourth-order valence-corrected chi connectivity index (χ4v) is 13.8. The first kappa shape index (κ1) is 66.4. The number of aromatic nitrogens is 1. The summed E-state index contributed by atoms with van der Waals surface area (Å²) in [6, 6.07) is 3.30. The molecule has 4 aliphatic heterocycles. The van der Waals surface area contributed by atoms with Crippen LogP contribution in [0, 0.1) is 23.7 Å². The number of nitrogens with zero attached hydrogens (tertiary/aromatic N) is 3. The average Bonchev–Trinajstić information content (AvgIpc) is 3.60. The molecule has 0 radical (unpaired) electrons. The molecule has 5 heterocycles. The summed E-state index contributed by atoms with van der Waals surface area (Å²) in [5, 5.41) is 63.0. The Balaban J connectivity index is 1.22. The SMILES string of the molecule is CC[C@H]1OC(=O)[C@H](C)[C@@H](O[C@H]2C[C@@](C)(OC)[C@@H](OS(=O)(=O)CCNCCCc3cc4c5c(c3)c(=O)c(C(=O)O)cn5C(C)(C)OC4)[C@H](C)O2)[C@H](C)[C@@H](O[C@@H]2O[C@H](C)C[C@H](N(C)C)[C@H]2O)[C@](C)(OC)C[C@@H](C)/C(=N\O)[C@H](C)[C@@H](O)[C@]1(C)O. The van der Waals surface area contributed by atoms with Gasteiger partial charge in [0.15, 0.2) is 12.6 Å². The zero-order chi connectivity index (χ0) is 60.5. The largest absolute Gasteiger partial charge is 0.477 e. The standard InChI is InChI=1S/C57H92N4O19S/c1-17-41-57(12,68)48(64)32(4)43(59-69)30(2)26-55(10,72-15)49(79-53-46(63)40(60(13)14)23-31(3)75-53)33(5)47(34(6)52(67)77-41)78-42-27-56(11,73-16)50(35(7)76-42)80-81(70,71)22-21-58-20-18-19-36-24-37-29-74-54(8,9)61-28-39(51(65)66)45(62)38(25-36)44(37)61/h24-25,28,30-35,40-42,46-50,53,58,63-64,68-69H,17-23,26-27,29H2,1-16H3,(H,65,66)/b59-43+/t30-,31-,32+,33+,34-,35+,40+,41-,42+,46-,47+,48-,49-,50+,53+,55-,56-,57-/m1/s1. The molecular formula is C57H92N4O19S. The van der Waals surface area contributed by atoms with Crippen molar-refractivity contribution in [2.75, 3.05) is 47.2 Å². The molecule has 0 spiro atoms. The molecule has 24 heteroatoms. The molecule has 4 aliphatic rings. The number of esters is 1. The van der Waals surface area contributed by atoms with Crippen molar-refractivity contribution in [2.24, 2.45) is 28.8 Å². The van der Waals surface area contributed by atoms with E-state index in [0.717, 1.165) is 11.1 Å². The van der Waals surface area contributed by atoms with E-state index in [1.807, 2.05) is 32.0 Å². The molecule has 1 aromatic carbocycles. The van der Waals surface area contributed by atoms with Gasteiger partial charge in [0.25, 0.3) is 10.1 Å². The lowest BCUT2D eigenvalue weighted by Gasteiger charge is -2.50. The van der Waals surface area contributed by atoms with Crippen molar-refractivity contribution in [1.29, 1.82) is 0 Å².